The predicted octanol–water partition coefficient (Wildman–Crippen LogP) is 5.14. The van der Waals surface area contributed by atoms with Crippen molar-refractivity contribution in [2.75, 3.05) is 5.32 Å². The summed E-state index contributed by atoms with van der Waals surface area (Å²) in [6.07, 6.45) is 3.58. The van der Waals surface area contributed by atoms with Gasteiger partial charge in [-0.1, -0.05) is 11.6 Å². The fourth-order valence-corrected chi connectivity index (χ4v) is 4.12. The summed E-state index contributed by atoms with van der Waals surface area (Å²) in [5.41, 5.74) is 9.31. The summed E-state index contributed by atoms with van der Waals surface area (Å²) in [6, 6.07) is 3.51. The van der Waals surface area contributed by atoms with Crippen molar-refractivity contribution >= 4 is 63.7 Å². The number of nitrogens with zero attached hydrogens (tertiary/aromatic N) is 2. The van der Waals surface area contributed by atoms with Crippen LogP contribution in [0.5, 0.6) is 0 Å². The SMILES string of the molecule is Cc1c(C[C@H](C)N)sc2c(NCc3ccncc3F)cc(Cl)nc12.Cl.Cl. The maximum Gasteiger partial charge on any atom is 0.146 e. The van der Waals surface area contributed by atoms with Gasteiger partial charge in [0.15, 0.2) is 0 Å². The standard InChI is InChI=1S/C17H18ClFN4S.2ClH/c1-9(20)5-14-10(2)16-17(24-14)13(6-15(18)23-16)22-7-11-3-4-21-8-12(11)19;;/h3-4,6,8-9H,5,7,20H2,1-2H3,(H,22,23);2*1H/t9-;;/m0../s1. The molecule has 0 saturated heterocycles. The third-order valence-corrected chi connectivity index (χ3v) is 5.30. The minimum Gasteiger partial charge on any atom is -0.380 e. The van der Waals surface area contributed by atoms with Crippen LogP contribution in [0.15, 0.2) is 24.5 Å². The van der Waals surface area contributed by atoms with Gasteiger partial charge in [0.1, 0.15) is 11.0 Å². The van der Waals surface area contributed by atoms with Crippen LogP contribution in [0.1, 0.15) is 22.9 Å². The van der Waals surface area contributed by atoms with E-state index in [1.807, 2.05) is 13.8 Å². The van der Waals surface area contributed by atoms with Gasteiger partial charge in [-0.2, -0.15) is 0 Å². The summed E-state index contributed by atoms with van der Waals surface area (Å²) >= 11 is 7.83. The molecule has 4 nitrogen and oxygen atoms in total. The number of rotatable bonds is 5. The molecule has 26 heavy (non-hydrogen) atoms. The summed E-state index contributed by atoms with van der Waals surface area (Å²) in [6.45, 7) is 4.37. The summed E-state index contributed by atoms with van der Waals surface area (Å²) in [7, 11) is 0. The lowest BCUT2D eigenvalue weighted by Crippen LogP contribution is -2.17. The molecule has 3 heterocycles. The Balaban J connectivity index is 0.00000169. The lowest BCUT2D eigenvalue weighted by molar-refractivity contribution is 0.606. The highest BCUT2D eigenvalue weighted by Crippen LogP contribution is 2.37. The molecule has 0 amide bonds. The highest BCUT2D eigenvalue weighted by atomic mass is 35.5. The minimum atomic E-state index is -0.332. The number of thiophene rings is 1. The van der Waals surface area contributed by atoms with Gasteiger partial charge in [-0.3, -0.25) is 4.98 Å². The number of hydrogen-bond acceptors (Lipinski definition) is 5. The molecular weight excluding hydrogens is 418 g/mol. The predicted molar refractivity (Wildman–Crippen MR) is 113 cm³/mol. The smallest absolute Gasteiger partial charge is 0.146 e. The van der Waals surface area contributed by atoms with Gasteiger partial charge in [-0.05, 0) is 31.9 Å². The van der Waals surface area contributed by atoms with E-state index in [-0.39, 0.29) is 36.7 Å². The Hall–Kier alpha value is -1.18. The van der Waals surface area contributed by atoms with Crippen molar-refractivity contribution in [3.63, 3.8) is 0 Å². The second-order valence-electron chi connectivity index (χ2n) is 5.82. The van der Waals surface area contributed by atoms with Crippen molar-refractivity contribution in [1.82, 2.24) is 9.97 Å². The molecule has 0 aliphatic rings. The van der Waals surface area contributed by atoms with Gasteiger partial charge in [0.2, 0.25) is 0 Å². The second kappa shape index (κ2) is 9.67. The lowest BCUT2D eigenvalue weighted by atomic mass is 10.1. The first-order chi connectivity index (χ1) is 11.5. The van der Waals surface area contributed by atoms with Crippen molar-refractivity contribution < 1.29 is 4.39 Å². The maximum absolute atomic E-state index is 13.7. The van der Waals surface area contributed by atoms with Gasteiger partial charge in [-0.15, -0.1) is 36.2 Å². The van der Waals surface area contributed by atoms with E-state index in [4.69, 9.17) is 17.3 Å². The van der Waals surface area contributed by atoms with Gasteiger partial charge in [0, 0.05) is 35.3 Å². The van der Waals surface area contributed by atoms with Crippen LogP contribution >= 0.6 is 47.8 Å². The van der Waals surface area contributed by atoms with Crippen LogP contribution < -0.4 is 11.1 Å². The highest BCUT2D eigenvalue weighted by Gasteiger charge is 2.15. The number of fused-ring (bicyclic) bond motifs is 1. The fraction of sp³-hybridized carbons (Fsp3) is 0.294. The Bertz CT molecular complexity index is 886. The van der Waals surface area contributed by atoms with Crippen LogP contribution in [-0.2, 0) is 13.0 Å². The van der Waals surface area contributed by atoms with Gasteiger partial charge >= 0.3 is 0 Å². The molecule has 0 unspecified atom stereocenters. The van der Waals surface area contributed by atoms with Crippen molar-refractivity contribution in [2.24, 2.45) is 5.73 Å². The number of nitrogens with one attached hydrogen (secondary N) is 1. The van der Waals surface area contributed by atoms with E-state index < -0.39 is 0 Å². The normalized spacial score (nSPS) is 11.6. The van der Waals surface area contributed by atoms with Crippen molar-refractivity contribution in [3.05, 3.63) is 51.5 Å². The number of pyridine rings is 2. The molecule has 3 rings (SSSR count). The van der Waals surface area contributed by atoms with Gasteiger partial charge in [-0.25, -0.2) is 9.37 Å². The fourth-order valence-electron chi connectivity index (χ4n) is 2.55. The van der Waals surface area contributed by atoms with Crippen molar-refractivity contribution in [3.8, 4) is 0 Å². The number of halogens is 4. The monoisotopic (exact) mass is 436 g/mol. The first kappa shape index (κ1) is 22.9. The Morgan fingerprint density at radius 1 is 1.38 bits per heavy atom. The Kier molecular flexibility index (Phi) is 8.50. The Labute approximate surface area is 173 Å². The molecule has 0 aromatic carbocycles. The molecule has 9 heteroatoms. The summed E-state index contributed by atoms with van der Waals surface area (Å²) in [5, 5.41) is 3.68. The van der Waals surface area contributed by atoms with E-state index >= 15 is 0 Å². The quantitative estimate of drug-likeness (QED) is 0.543. The van der Waals surface area contributed by atoms with Crippen LogP contribution in [0, 0.1) is 12.7 Å². The molecule has 0 fully saturated rings. The van der Waals surface area contributed by atoms with Crippen molar-refractivity contribution in [2.45, 2.75) is 32.9 Å². The number of aromatic nitrogens is 2. The van der Waals surface area contributed by atoms with E-state index in [1.165, 1.54) is 11.1 Å². The number of hydrogen-bond donors (Lipinski definition) is 2. The van der Waals surface area contributed by atoms with Crippen LogP contribution in [0.3, 0.4) is 0 Å². The third-order valence-electron chi connectivity index (χ3n) is 3.77. The lowest BCUT2D eigenvalue weighted by Gasteiger charge is -2.08. The average molecular weight is 438 g/mol. The van der Waals surface area contributed by atoms with Gasteiger partial charge in [0.25, 0.3) is 0 Å². The minimum absolute atomic E-state index is 0. The molecule has 0 bridgehead atoms. The Morgan fingerprint density at radius 2 is 2.12 bits per heavy atom. The van der Waals surface area contributed by atoms with Gasteiger partial charge in [0.05, 0.1) is 22.1 Å². The van der Waals surface area contributed by atoms with Gasteiger partial charge < -0.3 is 11.1 Å². The molecule has 0 aliphatic carbocycles. The molecule has 1 atom stereocenters. The molecule has 3 N–H and O–H groups in total. The molecule has 0 radical (unpaired) electrons. The van der Waals surface area contributed by atoms with E-state index in [2.05, 4.69) is 15.3 Å². The average Bonchev–Trinajstić information content (AvgIpc) is 2.82. The molecule has 142 valence electrons. The third kappa shape index (κ3) is 4.96. The Morgan fingerprint density at radius 3 is 2.77 bits per heavy atom. The summed E-state index contributed by atoms with van der Waals surface area (Å²) < 4.78 is 14.8. The highest BCUT2D eigenvalue weighted by molar-refractivity contribution is 7.19. The molecule has 0 spiro atoms. The van der Waals surface area contributed by atoms with Crippen LogP contribution in [0.4, 0.5) is 10.1 Å². The molecular formula is C17H20Cl3FN4S. The molecule has 3 aromatic rings. The number of anilines is 1. The first-order valence-corrected chi connectivity index (χ1v) is 8.81. The largest absolute Gasteiger partial charge is 0.380 e. The zero-order chi connectivity index (χ0) is 17.3. The number of aryl methyl sites for hydroxylation is 1. The molecule has 0 aliphatic heterocycles. The van der Waals surface area contributed by atoms with Crippen molar-refractivity contribution in [1.29, 1.82) is 0 Å². The first-order valence-electron chi connectivity index (χ1n) is 7.62. The van der Waals surface area contributed by atoms with Crippen LogP contribution in [0.25, 0.3) is 10.2 Å². The molecule has 3 aromatic heterocycles. The molecule has 0 saturated carbocycles. The van der Waals surface area contributed by atoms with E-state index in [1.54, 1.807) is 29.7 Å². The van der Waals surface area contributed by atoms with E-state index in [0.29, 0.717) is 17.3 Å². The maximum atomic E-state index is 13.7. The second-order valence-corrected chi connectivity index (χ2v) is 7.31. The van der Waals surface area contributed by atoms with Crippen LogP contribution in [0.2, 0.25) is 5.15 Å². The summed E-state index contributed by atoms with van der Waals surface area (Å²) in [5.74, 6) is -0.332. The summed E-state index contributed by atoms with van der Waals surface area (Å²) in [4.78, 5) is 9.41. The van der Waals surface area contributed by atoms with E-state index in [0.717, 1.165) is 27.9 Å². The number of nitrogens with two attached hydrogens (primary N) is 1. The zero-order valence-electron chi connectivity index (χ0n) is 14.3. The van der Waals surface area contributed by atoms with Crippen LogP contribution in [-0.4, -0.2) is 16.0 Å². The topological polar surface area (TPSA) is 63.8 Å². The van der Waals surface area contributed by atoms with E-state index in [9.17, 15) is 4.39 Å². The zero-order valence-corrected chi connectivity index (χ0v) is 17.5.